The van der Waals surface area contributed by atoms with Crippen molar-refractivity contribution in [3.05, 3.63) is 58.7 Å². The normalized spacial score (nSPS) is 15.1. The first-order chi connectivity index (χ1) is 10.2. The van der Waals surface area contributed by atoms with E-state index in [0.717, 1.165) is 32.0 Å². The summed E-state index contributed by atoms with van der Waals surface area (Å²) < 4.78 is 27.1. The van der Waals surface area contributed by atoms with E-state index in [2.05, 4.69) is 0 Å². The lowest BCUT2D eigenvalue weighted by Crippen LogP contribution is -2.09. The number of benzene rings is 2. The Bertz CT molecular complexity index is 857. The van der Waals surface area contributed by atoms with Crippen LogP contribution in [-0.2, 0) is 20.3 Å². The first-order valence-corrected chi connectivity index (χ1v) is 10.3. The molecule has 0 amide bonds. The highest BCUT2D eigenvalue weighted by Gasteiger charge is 2.12. The maximum atomic E-state index is 13.0. The molecule has 2 nitrogen and oxygen atoms in total. The molecule has 4 heteroatoms. The maximum Gasteiger partial charge on any atom is 0.0862 e. The molecule has 0 saturated heterocycles. The number of hydrogen-bond donors (Lipinski definition) is 0. The second-order valence-corrected chi connectivity index (χ2v) is 9.89. The van der Waals surface area contributed by atoms with E-state index < -0.39 is 20.3 Å². The molecule has 2 rings (SSSR count). The Hall–Kier alpha value is -1.39. The second kappa shape index (κ2) is 6.39. The Labute approximate surface area is 136 Å². The lowest BCUT2D eigenvalue weighted by molar-refractivity contribution is 0.684. The Morgan fingerprint density at radius 1 is 0.909 bits per heavy atom. The lowest BCUT2D eigenvalue weighted by Gasteiger charge is -2.11. The van der Waals surface area contributed by atoms with Crippen molar-refractivity contribution in [3.63, 3.8) is 0 Å². The minimum absolute atomic E-state index is 0.727. The van der Waals surface area contributed by atoms with E-state index in [-0.39, 0.29) is 0 Å². The molecular formula is C18H22O2S2. The van der Waals surface area contributed by atoms with Gasteiger partial charge in [0.05, 0.1) is 15.5 Å². The van der Waals surface area contributed by atoms with Crippen molar-refractivity contribution in [2.45, 2.75) is 37.5 Å². The van der Waals surface area contributed by atoms with Gasteiger partial charge in [0.15, 0.2) is 0 Å². The maximum absolute atomic E-state index is 13.0. The van der Waals surface area contributed by atoms with Gasteiger partial charge in [0.2, 0.25) is 0 Å². The predicted molar refractivity (Wildman–Crippen MR) is 96.6 cm³/mol. The predicted octanol–water partition coefficient (Wildman–Crippen LogP) is 3.76. The van der Waals surface area contributed by atoms with E-state index in [4.69, 9.17) is 0 Å². The van der Waals surface area contributed by atoms with Crippen LogP contribution in [0.1, 0.15) is 22.3 Å². The number of hydrogen-bond acceptors (Lipinski definition) is 2. The summed E-state index contributed by atoms with van der Waals surface area (Å²) in [4.78, 5) is 1.49. The molecule has 2 atom stereocenters. The molecule has 0 radical (unpaired) electrons. The summed E-state index contributed by atoms with van der Waals surface area (Å²) in [6.07, 6.45) is 1.66. The zero-order valence-electron chi connectivity index (χ0n) is 13.7. The summed E-state index contributed by atoms with van der Waals surface area (Å²) in [7, 11) is -3.84. The Morgan fingerprint density at radius 2 is 1.45 bits per heavy atom. The van der Waals surface area contributed by atoms with Crippen LogP contribution in [0, 0.1) is 27.7 Å². The molecule has 2 unspecified atom stereocenters. The molecule has 0 aromatic heterocycles. The van der Waals surface area contributed by atoms with Crippen molar-refractivity contribution < 1.29 is 8.42 Å². The minimum atomic E-state index is -2.46. The largest absolute Gasteiger partial charge is 0.262 e. The SMILES string of the molecule is Cc1ccc(S(=O)C=S(C)(=O)c2ccc(C)cc2C)c(C)c1. The zero-order chi connectivity index (χ0) is 16.5. The monoisotopic (exact) mass is 334 g/mol. The quantitative estimate of drug-likeness (QED) is 0.801. The smallest absolute Gasteiger partial charge is 0.0862 e. The third kappa shape index (κ3) is 3.68. The van der Waals surface area contributed by atoms with Crippen LogP contribution in [0.25, 0.3) is 0 Å². The summed E-state index contributed by atoms with van der Waals surface area (Å²) in [5.41, 5.74) is 4.20. The first kappa shape index (κ1) is 17.0. The van der Waals surface area contributed by atoms with E-state index in [1.165, 1.54) is 4.70 Å². The van der Waals surface area contributed by atoms with Crippen LogP contribution in [-0.4, -0.2) is 19.4 Å². The second-order valence-electron chi connectivity index (χ2n) is 5.84. The van der Waals surface area contributed by atoms with E-state index >= 15 is 0 Å². The van der Waals surface area contributed by atoms with Crippen LogP contribution < -0.4 is 0 Å². The molecule has 22 heavy (non-hydrogen) atoms. The van der Waals surface area contributed by atoms with Gasteiger partial charge >= 0.3 is 0 Å². The third-order valence-electron chi connectivity index (χ3n) is 3.59. The van der Waals surface area contributed by atoms with Crippen molar-refractivity contribution in [2.75, 3.05) is 6.26 Å². The van der Waals surface area contributed by atoms with Crippen molar-refractivity contribution in [1.29, 1.82) is 0 Å². The van der Waals surface area contributed by atoms with Gasteiger partial charge in [0, 0.05) is 25.6 Å². The van der Waals surface area contributed by atoms with Crippen LogP contribution >= 0.6 is 0 Å². The molecule has 0 spiro atoms. The fourth-order valence-electron chi connectivity index (χ4n) is 2.55. The van der Waals surface area contributed by atoms with Gasteiger partial charge < -0.3 is 0 Å². The third-order valence-corrected chi connectivity index (χ3v) is 7.98. The Balaban J connectivity index is 2.50. The molecular weight excluding hydrogens is 312 g/mol. The zero-order valence-corrected chi connectivity index (χ0v) is 15.3. The van der Waals surface area contributed by atoms with E-state index in [1.807, 2.05) is 64.1 Å². The van der Waals surface area contributed by atoms with Gasteiger partial charge in [-0.3, -0.25) is 4.21 Å². The summed E-state index contributed by atoms with van der Waals surface area (Å²) in [6.45, 7) is 7.88. The molecule has 0 heterocycles. The van der Waals surface area contributed by atoms with E-state index in [0.29, 0.717) is 0 Å². The highest BCUT2D eigenvalue weighted by Crippen LogP contribution is 2.19. The van der Waals surface area contributed by atoms with Crippen molar-refractivity contribution in [1.82, 2.24) is 0 Å². The van der Waals surface area contributed by atoms with Gasteiger partial charge in [-0.15, -0.1) is 0 Å². The molecule has 0 aliphatic carbocycles. The van der Waals surface area contributed by atoms with Crippen molar-refractivity contribution in [2.24, 2.45) is 0 Å². The van der Waals surface area contributed by atoms with Crippen LogP contribution in [0.5, 0.6) is 0 Å². The number of aryl methyl sites for hydroxylation is 4. The Morgan fingerprint density at radius 3 is 2.00 bits per heavy atom. The van der Waals surface area contributed by atoms with E-state index in [1.54, 1.807) is 6.26 Å². The molecule has 0 saturated carbocycles. The van der Waals surface area contributed by atoms with Crippen molar-refractivity contribution in [3.8, 4) is 0 Å². The minimum Gasteiger partial charge on any atom is -0.262 e. The van der Waals surface area contributed by atoms with Crippen LogP contribution in [0.2, 0.25) is 0 Å². The highest BCUT2D eigenvalue weighted by atomic mass is 32.2. The van der Waals surface area contributed by atoms with Gasteiger partial charge in [-0.05, 0) is 51.0 Å². The topological polar surface area (TPSA) is 34.1 Å². The van der Waals surface area contributed by atoms with Gasteiger partial charge in [0.1, 0.15) is 0 Å². The number of rotatable bonds is 3. The fourth-order valence-corrected chi connectivity index (χ4v) is 6.33. The molecule has 118 valence electrons. The first-order valence-electron chi connectivity index (χ1n) is 7.10. The highest BCUT2D eigenvalue weighted by molar-refractivity contribution is 8.18. The molecule has 0 bridgehead atoms. The molecule has 0 aliphatic rings. The molecule has 0 N–H and O–H groups in total. The fraction of sp³-hybridized carbons (Fsp3) is 0.278. The van der Waals surface area contributed by atoms with E-state index in [9.17, 15) is 8.42 Å². The summed E-state index contributed by atoms with van der Waals surface area (Å²) in [5, 5.41) is 0. The molecule has 0 fully saturated rings. The lowest BCUT2D eigenvalue weighted by atomic mass is 10.2. The van der Waals surface area contributed by atoms with Crippen LogP contribution in [0.15, 0.2) is 46.2 Å². The van der Waals surface area contributed by atoms with Gasteiger partial charge in [-0.1, -0.05) is 35.4 Å². The Kier molecular flexibility index (Phi) is 4.93. The molecule has 2 aromatic rings. The summed E-state index contributed by atoms with van der Waals surface area (Å²) >= 11 is 0. The van der Waals surface area contributed by atoms with Gasteiger partial charge in [-0.2, -0.15) is 0 Å². The average molecular weight is 335 g/mol. The van der Waals surface area contributed by atoms with Crippen LogP contribution in [0.4, 0.5) is 0 Å². The van der Waals surface area contributed by atoms with Gasteiger partial charge in [-0.25, -0.2) is 4.21 Å². The summed E-state index contributed by atoms with van der Waals surface area (Å²) in [6, 6.07) is 11.6. The van der Waals surface area contributed by atoms with Gasteiger partial charge in [0.25, 0.3) is 0 Å². The molecule has 0 aliphatic heterocycles. The van der Waals surface area contributed by atoms with Crippen molar-refractivity contribution >= 4 is 25.0 Å². The molecule has 2 aromatic carbocycles. The average Bonchev–Trinajstić information content (AvgIpc) is 2.37. The standard InChI is InChI=1S/C18H22O2S2/c1-13-6-8-17(15(3)10-13)21(19)12-22(5,20)18-9-7-14(2)11-16(18)4/h6-12H,1-5H3. The van der Waals surface area contributed by atoms with Crippen LogP contribution in [0.3, 0.4) is 0 Å². The summed E-state index contributed by atoms with van der Waals surface area (Å²) in [5.74, 6) is 0.